The van der Waals surface area contributed by atoms with Crippen molar-refractivity contribution in [3.8, 4) is 11.4 Å². The molecule has 0 spiro atoms. The van der Waals surface area contributed by atoms with Gasteiger partial charge in [0.25, 0.3) is 5.56 Å². The highest BCUT2D eigenvalue weighted by molar-refractivity contribution is 5.52. The van der Waals surface area contributed by atoms with Crippen molar-refractivity contribution in [2.75, 3.05) is 24.5 Å². The summed E-state index contributed by atoms with van der Waals surface area (Å²) in [6, 6.07) is 4.13. The first-order chi connectivity index (χ1) is 14.7. The highest BCUT2D eigenvalue weighted by Gasteiger charge is 2.23. The quantitative estimate of drug-likeness (QED) is 0.712. The molecule has 156 valence electrons. The highest BCUT2D eigenvalue weighted by Crippen LogP contribution is 2.26. The van der Waals surface area contributed by atoms with Crippen LogP contribution in [-0.4, -0.2) is 44.5 Å². The summed E-state index contributed by atoms with van der Waals surface area (Å²) in [6.07, 6.45) is 7.94. The molecule has 0 unspecified atom stereocenters. The first-order valence-corrected chi connectivity index (χ1v) is 10.6. The monoisotopic (exact) mass is 406 g/mol. The molecule has 0 amide bonds. The standard InChI is InChI=1S/C22H26N6O2/c1-15-4-8-28(9-5-15)20-3-2-17(30-20)12-27-7-6-19-18(13-27)22(29)26-21(25-19)16-10-23-14-24-11-16/h2-3,10-11,14-15H,4-9,12-13H2,1H3,(H,25,26,29). The number of rotatable bonds is 4. The molecule has 3 aromatic rings. The molecule has 3 aromatic heterocycles. The van der Waals surface area contributed by atoms with Crippen molar-refractivity contribution in [3.05, 3.63) is 58.2 Å². The summed E-state index contributed by atoms with van der Waals surface area (Å²) < 4.78 is 6.13. The molecule has 0 aliphatic carbocycles. The van der Waals surface area contributed by atoms with Crippen molar-refractivity contribution in [3.63, 3.8) is 0 Å². The molecule has 1 saturated heterocycles. The zero-order chi connectivity index (χ0) is 20.5. The van der Waals surface area contributed by atoms with Gasteiger partial charge < -0.3 is 14.3 Å². The number of furan rings is 1. The molecule has 5 rings (SSSR count). The van der Waals surface area contributed by atoms with Crippen molar-refractivity contribution in [2.24, 2.45) is 5.92 Å². The number of nitrogens with one attached hydrogen (secondary N) is 1. The lowest BCUT2D eigenvalue weighted by atomic mass is 9.99. The van der Waals surface area contributed by atoms with Crippen molar-refractivity contribution in [1.82, 2.24) is 24.8 Å². The summed E-state index contributed by atoms with van der Waals surface area (Å²) in [5.74, 6) is 3.23. The largest absolute Gasteiger partial charge is 0.444 e. The fourth-order valence-electron chi connectivity index (χ4n) is 4.24. The van der Waals surface area contributed by atoms with Crippen molar-refractivity contribution >= 4 is 5.88 Å². The van der Waals surface area contributed by atoms with Gasteiger partial charge in [-0.05, 0) is 24.8 Å². The Morgan fingerprint density at radius 2 is 1.97 bits per heavy atom. The molecule has 8 nitrogen and oxygen atoms in total. The summed E-state index contributed by atoms with van der Waals surface area (Å²) in [7, 11) is 0. The molecule has 0 radical (unpaired) electrons. The second kappa shape index (κ2) is 8.02. The number of hydrogen-bond acceptors (Lipinski definition) is 7. The number of aromatic nitrogens is 4. The van der Waals surface area contributed by atoms with Gasteiger partial charge in [0.2, 0.25) is 0 Å². The number of anilines is 1. The summed E-state index contributed by atoms with van der Waals surface area (Å²) in [5.41, 5.74) is 2.22. The molecule has 2 aliphatic rings. The van der Waals surface area contributed by atoms with Crippen LogP contribution in [-0.2, 0) is 19.5 Å². The van der Waals surface area contributed by atoms with Crippen LogP contribution in [0, 0.1) is 5.92 Å². The average molecular weight is 406 g/mol. The Labute approximate surface area is 175 Å². The molecule has 0 aromatic carbocycles. The van der Waals surface area contributed by atoms with Crippen molar-refractivity contribution in [1.29, 1.82) is 0 Å². The highest BCUT2D eigenvalue weighted by atomic mass is 16.4. The number of aromatic amines is 1. The normalized spacial score (nSPS) is 17.8. The minimum absolute atomic E-state index is 0.0916. The molecule has 1 N–H and O–H groups in total. The molecule has 0 atom stereocenters. The molecule has 1 fully saturated rings. The summed E-state index contributed by atoms with van der Waals surface area (Å²) >= 11 is 0. The maximum absolute atomic E-state index is 12.7. The van der Waals surface area contributed by atoms with E-state index in [0.29, 0.717) is 18.9 Å². The first kappa shape index (κ1) is 19.0. The van der Waals surface area contributed by atoms with Gasteiger partial charge in [-0.15, -0.1) is 0 Å². The summed E-state index contributed by atoms with van der Waals surface area (Å²) in [5, 5.41) is 0. The van der Waals surface area contributed by atoms with Gasteiger partial charge in [-0.25, -0.2) is 15.0 Å². The third kappa shape index (κ3) is 3.87. The number of H-pyrrole nitrogens is 1. The van der Waals surface area contributed by atoms with E-state index in [-0.39, 0.29) is 5.56 Å². The maximum atomic E-state index is 12.7. The lowest BCUT2D eigenvalue weighted by Crippen LogP contribution is -2.35. The smallest absolute Gasteiger partial charge is 0.255 e. The van der Waals surface area contributed by atoms with E-state index in [1.807, 2.05) is 0 Å². The van der Waals surface area contributed by atoms with Gasteiger partial charge in [0.1, 0.15) is 17.9 Å². The minimum atomic E-state index is -0.0916. The molecular weight excluding hydrogens is 380 g/mol. The topological polar surface area (TPSA) is 91.2 Å². The number of nitrogens with zero attached hydrogens (tertiary/aromatic N) is 5. The van der Waals surface area contributed by atoms with Crippen LogP contribution < -0.4 is 10.5 Å². The van der Waals surface area contributed by atoms with Crippen LogP contribution in [0.3, 0.4) is 0 Å². The molecule has 2 aliphatic heterocycles. The van der Waals surface area contributed by atoms with E-state index < -0.39 is 0 Å². The summed E-state index contributed by atoms with van der Waals surface area (Å²) in [6.45, 7) is 6.53. The number of piperidine rings is 1. The van der Waals surface area contributed by atoms with Crippen LogP contribution in [0.1, 0.15) is 36.8 Å². The van der Waals surface area contributed by atoms with Crippen LogP contribution in [0.4, 0.5) is 5.88 Å². The van der Waals surface area contributed by atoms with Gasteiger partial charge >= 0.3 is 0 Å². The zero-order valence-corrected chi connectivity index (χ0v) is 17.2. The second-order valence-corrected chi connectivity index (χ2v) is 8.34. The lowest BCUT2D eigenvalue weighted by molar-refractivity contribution is 0.222. The third-order valence-corrected chi connectivity index (χ3v) is 6.10. The predicted octanol–water partition coefficient (Wildman–Crippen LogP) is 2.61. The third-order valence-electron chi connectivity index (χ3n) is 6.10. The van der Waals surface area contributed by atoms with Crippen LogP contribution in [0.25, 0.3) is 11.4 Å². The molecule has 5 heterocycles. The predicted molar refractivity (Wildman–Crippen MR) is 113 cm³/mol. The van der Waals surface area contributed by atoms with E-state index in [4.69, 9.17) is 4.42 Å². The van der Waals surface area contributed by atoms with Crippen LogP contribution in [0.15, 0.2) is 40.1 Å². The van der Waals surface area contributed by atoms with E-state index in [9.17, 15) is 4.79 Å². The maximum Gasteiger partial charge on any atom is 0.255 e. The zero-order valence-electron chi connectivity index (χ0n) is 17.2. The molecule has 0 saturated carbocycles. The fraction of sp³-hybridized carbons (Fsp3) is 0.455. The van der Waals surface area contributed by atoms with Gasteiger partial charge in [-0.2, -0.15) is 0 Å². The van der Waals surface area contributed by atoms with Gasteiger partial charge in [0.15, 0.2) is 5.88 Å². The average Bonchev–Trinajstić information content (AvgIpc) is 3.23. The van der Waals surface area contributed by atoms with E-state index in [1.54, 1.807) is 12.4 Å². The molecule has 30 heavy (non-hydrogen) atoms. The Kier molecular flexibility index (Phi) is 5.08. The molecular formula is C22H26N6O2. The van der Waals surface area contributed by atoms with Gasteiger partial charge in [0, 0.05) is 51.1 Å². The fourth-order valence-corrected chi connectivity index (χ4v) is 4.24. The van der Waals surface area contributed by atoms with E-state index >= 15 is 0 Å². The first-order valence-electron chi connectivity index (χ1n) is 10.6. The Bertz CT molecular complexity index is 1070. The van der Waals surface area contributed by atoms with E-state index in [0.717, 1.165) is 60.4 Å². The Balaban J connectivity index is 1.28. The number of hydrogen-bond donors (Lipinski definition) is 1. The van der Waals surface area contributed by atoms with Crippen molar-refractivity contribution < 1.29 is 4.42 Å². The van der Waals surface area contributed by atoms with Crippen LogP contribution in [0.2, 0.25) is 0 Å². The number of fused-ring (bicyclic) bond motifs is 1. The lowest BCUT2D eigenvalue weighted by Gasteiger charge is -2.30. The Hall–Kier alpha value is -3.00. The molecule has 0 bridgehead atoms. The van der Waals surface area contributed by atoms with E-state index in [1.165, 1.54) is 19.2 Å². The van der Waals surface area contributed by atoms with Crippen LogP contribution >= 0.6 is 0 Å². The van der Waals surface area contributed by atoms with E-state index in [2.05, 4.69) is 48.8 Å². The Morgan fingerprint density at radius 1 is 1.17 bits per heavy atom. The summed E-state index contributed by atoms with van der Waals surface area (Å²) in [4.78, 5) is 32.8. The van der Waals surface area contributed by atoms with Gasteiger partial charge in [-0.3, -0.25) is 9.69 Å². The Morgan fingerprint density at radius 3 is 2.77 bits per heavy atom. The second-order valence-electron chi connectivity index (χ2n) is 8.34. The van der Waals surface area contributed by atoms with Crippen LogP contribution in [0.5, 0.6) is 0 Å². The SMILES string of the molecule is CC1CCN(c2ccc(CN3CCc4nc(-c5cncnc5)[nH]c(=O)c4C3)o2)CC1. The molecule has 8 heteroatoms. The minimum Gasteiger partial charge on any atom is -0.444 e. The van der Waals surface area contributed by atoms with Gasteiger partial charge in [0.05, 0.1) is 23.4 Å². The van der Waals surface area contributed by atoms with Gasteiger partial charge in [-0.1, -0.05) is 6.92 Å². The van der Waals surface area contributed by atoms with Crippen molar-refractivity contribution in [2.45, 2.75) is 39.3 Å².